The Morgan fingerprint density at radius 3 is 1.91 bits per heavy atom. The summed E-state index contributed by atoms with van der Waals surface area (Å²) in [4.78, 5) is 0. The Morgan fingerprint density at radius 2 is 1.82 bits per heavy atom. The van der Waals surface area contributed by atoms with Crippen molar-refractivity contribution in [1.29, 1.82) is 0 Å². The number of hydrogen-bond acceptors (Lipinski definition) is 0. The molecular formula is C9H15SiZr-. The molecule has 0 unspecified atom stereocenters. The Hall–Kier alpha value is 0.450. The zero-order chi connectivity index (χ0) is 8.85. The molecule has 0 radical (unpaired) electrons. The van der Waals surface area contributed by atoms with Gasteiger partial charge in [-0.05, 0) is 0 Å². The van der Waals surface area contributed by atoms with E-state index in [0.717, 1.165) is 0 Å². The van der Waals surface area contributed by atoms with Crippen LogP contribution < -0.4 is 0 Å². The van der Waals surface area contributed by atoms with E-state index in [1.54, 1.807) is 23.3 Å². The van der Waals surface area contributed by atoms with Crippen LogP contribution in [-0.2, 0) is 23.3 Å². The van der Waals surface area contributed by atoms with Gasteiger partial charge in [0.15, 0.2) is 0 Å². The van der Waals surface area contributed by atoms with Gasteiger partial charge in [0.25, 0.3) is 0 Å². The third-order valence-corrected chi connectivity index (χ3v) is 1.06. The normalized spacial score (nSPS) is 8.27. The van der Waals surface area contributed by atoms with Crippen molar-refractivity contribution in [1.82, 2.24) is 0 Å². The quantitative estimate of drug-likeness (QED) is 0.485. The van der Waals surface area contributed by atoms with Gasteiger partial charge in [-0.25, -0.2) is 11.6 Å². The molecule has 1 aromatic rings. The van der Waals surface area contributed by atoms with Crippen LogP contribution in [0.25, 0.3) is 0 Å². The minimum absolute atomic E-state index is 0.210. The Kier molecular flexibility index (Phi) is 6.27. The Morgan fingerprint density at radius 1 is 1.36 bits per heavy atom. The van der Waals surface area contributed by atoms with Crippen molar-refractivity contribution in [3.05, 3.63) is 29.3 Å². The molecule has 1 rings (SSSR count). The van der Waals surface area contributed by atoms with Gasteiger partial charge in [0, 0.05) is 0 Å². The van der Waals surface area contributed by atoms with Crippen molar-refractivity contribution < 1.29 is 23.3 Å². The van der Waals surface area contributed by atoms with Crippen molar-refractivity contribution >= 4 is 5.43 Å². The third kappa shape index (κ3) is 8.36. The molecular weight excluding hydrogens is 227 g/mol. The molecule has 0 spiro atoms. The summed E-state index contributed by atoms with van der Waals surface area (Å²) < 4.78 is 0. The van der Waals surface area contributed by atoms with Crippen molar-refractivity contribution in [2.24, 2.45) is 0 Å². The Labute approximate surface area is 84.8 Å². The molecule has 60 valence electrons. The van der Waals surface area contributed by atoms with Crippen LogP contribution in [-0.4, -0.2) is 5.43 Å². The van der Waals surface area contributed by atoms with Gasteiger partial charge in [0.2, 0.25) is 0 Å². The van der Waals surface area contributed by atoms with Gasteiger partial charge in [0.1, 0.15) is 0 Å². The Bertz CT molecular complexity index is 205. The molecule has 0 aliphatic heterocycles. The van der Waals surface area contributed by atoms with Gasteiger partial charge in [-0.2, -0.15) is 17.7 Å². The van der Waals surface area contributed by atoms with E-state index in [4.69, 9.17) is 0 Å². The van der Waals surface area contributed by atoms with Gasteiger partial charge >= 0.3 is 41.9 Å². The van der Waals surface area contributed by atoms with Crippen LogP contribution in [0.2, 0.25) is 13.1 Å². The summed E-state index contributed by atoms with van der Waals surface area (Å²) in [5.41, 5.74) is 2.93. The second kappa shape index (κ2) is 6.02. The predicted molar refractivity (Wildman–Crippen MR) is 49.0 cm³/mol. The summed E-state index contributed by atoms with van der Waals surface area (Å²) in [6.45, 7) is 8.83. The molecule has 0 nitrogen and oxygen atoms in total. The van der Waals surface area contributed by atoms with Crippen LogP contribution in [0, 0.1) is 13.8 Å². The molecule has 0 atom stereocenters. The molecule has 0 bridgehead atoms. The van der Waals surface area contributed by atoms with Gasteiger partial charge < -0.3 is 0 Å². The number of hydrogen-bond donors (Lipinski definition) is 0. The van der Waals surface area contributed by atoms with Crippen LogP contribution in [0.3, 0.4) is 0 Å². The van der Waals surface area contributed by atoms with Crippen molar-refractivity contribution in [3.8, 4) is 0 Å². The molecule has 0 aliphatic rings. The Balaban J connectivity index is 0.000000218. The molecule has 2 heteroatoms. The molecule has 0 heterocycles. The van der Waals surface area contributed by atoms with E-state index in [1.807, 2.05) is 0 Å². The maximum Gasteiger partial charge on any atom is -0.0635 e. The molecule has 0 amide bonds. The molecule has 0 saturated carbocycles. The molecule has 0 aliphatic carbocycles. The molecule has 0 aromatic heterocycles. The van der Waals surface area contributed by atoms with Gasteiger partial charge in [0.05, 0.1) is 0 Å². The van der Waals surface area contributed by atoms with Crippen molar-refractivity contribution in [2.75, 3.05) is 0 Å². The second-order valence-electron chi connectivity index (χ2n) is 2.97. The van der Waals surface area contributed by atoms with E-state index in [-0.39, 0.29) is 5.43 Å². The smallest absolute Gasteiger partial charge is 0.0635 e. The van der Waals surface area contributed by atoms with Gasteiger partial charge in [-0.1, -0.05) is 13.8 Å². The minimum Gasteiger partial charge on any atom is -0.208 e. The minimum atomic E-state index is 0.210. The topological polar surface area (TPSA) is 0 Å². The van der Waals surface area contributed by atoms with E-state index in [0.29, 0.717) is 0 Å². The van der Waals surface area contributed by atoms with Crippen LogP contribution >= 0.6 is 0 Å². The fourth-order valence-electron chi connectivity index (χ4n) is 0.718. The predicted octanol–water partition coefficient (Wildman–Crippen LogP) is 2.81. The van der Waals surface area contributed by atoms with E-state index < -0.39 is 0 Å². The average molecular weight is 243 g/mol. The first-order valence-electron chi connectivity index (χ1n) is 3.74. The monoisotopic (exact) mass is 241 g/mol. The molecule has 11 heavy (non-hydrogen) atoms. The average Bonchev–Trinajstić information content (AvgIpc) is 2.13. The summed E-state index contributed by atoms with van der Waals surface area (Å²) in [6.07, 6.45) is 0. The summed E-state index contributed by atoms with van der Waals surface area (Å²) in [6, 6.07) is 6.41. The van der Waals surface area contributed by atoms with Crippen molar-refractivity contribution in [3.63, 3.8) is 0 Å². The first-order chi connectivity index (χ1) is 5.02. The van der Waals surface area contributed by atoms with Crippen LogP contribution in [0.4, 0.5) is 0 Å². The van der Waals surface area contributed by atoms with E-state index in [9.17, 15) is 0 Å². The summed E-state index contributed by atoms with van der Waals surface area (Å²) in [5, 5.41) is 0. The van der Waals surface area contributed by atoms with Crippen LogP contribution in [0.15, 0.2) is 18.2 Å². The fraction of sp³-hybridized carbons (Fsp3) is 0.444. The maximum absolute atomic E-state index is 2.31. The van der Waals surface area contributed by atoms with Crippen LogP contribution in [0.1, 0.15) is 11.1 Å². The largest absolute Gasteiger partial charge is 0.208 e. The second-order valence-corrected chi connectivity index (χ2v) is 12.3. The molecule has 0 N–H and O–H groups in total. The zero-order valence-corrected chi connectivity index (χ0v) is 11.2. The molecule has 0 saturated heterocycles. The van der Waals surface area contributed by atoms with Gasteiger partial charge in [-0.15, -0.1) is 0 Å². The fourth-order valence-corrected chi connectivity index (χ4v) is 0.718. The summed E-state index contributed by atoms with van der Waals surface area (Å²) in [5.74, 6) is 0. The summed E-state index contributed by atoms with van der Waals surface area (Å²) >= 11 is 1.74. The summed E-state index contributed by atoms with van der Waals surface area (Å²) in [7, 11) is 0. The van der Waals surface area contributed by atoms with E-state index >= 15 is 0 Å². The van der Waals surface area contributed by atoms with E-state index in [1.165, 1.54) is 11.1 Å². The van der Waals surface area contributed by atoms with E-state index in [2.05, 4.69) is 45.1 Å². The first kappa shape index (κ1) is 11.4. The molecule has 0 fully saturated rings. The standard InChI is InChI=1S/C7H9.C2H6Si.Zr/c1-6-3-4-7(2)5-6;1-3-2;/h3-5H,1-2H3;1-2H3;/q-1;;. The SMILES string of the molecule is C[Si](C)=[Zr].Cc1c[cH-]c(C)c1. The van der Waals surface area contributed by atoms with Gasteiger partial charge in [-0.3, -0.25) is 0 Å². The first-order valence-corrected chi connectivity index (χ1v) is 9.93. The number of aryl methyl sites for hydroxylation is 2. The zero-order valence-electron chi connectivity index (χ0n) is 7.73. The van der Waals surface area contributed by atoms with Crippen LogP contribution in [0.5, 0.6) is 0 Å². The van der Waals surface area contributed by atoms with Crippen molar-refractivity contribution in [2.45, 2.75) is 26.9 Å². The molecule has 1 aromatic carbocycles. The third-order valence-electron chi connectivity index (χ3n) is 1.06. The maximum atomic E-state index is 2.31. The number of rotatable bonds is 0.